The van der Waals surface area contributed by atoms with Gasteiger partial charge in [0.2, 0.25) is 5.91 Å². The maximum atomic E-state index is 13.6. The summed E-state index contributed by atoms with van der Waals surface area (Å²) in [6.45, 7) is 0. The summed E-state index contributed by atoms with van der Waals surface area (Å²) in [5.41, 5.74) is 0.300. The molecule has 0 aliphatic heterocycles. The van der Waals surface area contributed by atoms with E-state index >= 15 is 0 Å². The predicted octanol–water partition coefficient (Wildman–Crippen LogP) is 4.15. The van der Waals surface area contributed by atoms with E-state index in [-0.39, 0.29) is 30.2 Å². The number of carbonyl (C=O) groups is 3. The molecule has 4 rings (SSSR count). The number of aromatic nitrogens is 2. The number of nitrogens with one attached hydrogen (secondary N) is 2. The van der Waals surface area contributed by atoms with Crippen molar-refractivity contribution < 1.29 is 24.6 Å². The van der Waals surface area contributed by atoms with E-state index in [2.05, 4.69) is 15.3 Å². The minimum atomic E-state index is -0.914. The highest BCUT2D eigenvalue weighted by molar-refractivity contribution is 5.84. The monoisotopic (exact) mass is 481 g/mol. The lowest BCUT2D eigenvalue weighted by Crippen LogP contribution is -2.47. The lowest BCUT2D eigenvalue weighted by molar-refractivity contribution is -0.145. The van der Waals surface area contributed by atoms with Gasteiger partial charge in [0.05, 0.1) is 17.3 Å². The van der Waals surface area contributed by atoms with E-state index in [0.29, 0.717) is 50.8 Å². The Morgan fingerprint density at radius 1 is 1.06 bits per heavy atom. The van der Waals surface area contributed by atoms with Crippen molar-refractivity contribution in [2.45, 2.75) is 76.2 Å². The largest absolute Gasteiger partial charge is 0.481 e. The number of hydrogen-bond donors (Lipinski definition) is 4. The van der Waals surface area contributed by atoms with Crippen LogP contribution in [0.1, 0.15) is 75.1 Å². The molecule has 1 amide bonds. The summed E-state index contributed by atoms with van der Waals surface area (Å²) >= 11 is 0. The second-order valence-electron chi connectivity index (χ2n) is 10.3. The molecule has 2 aliphatic rings. The van der Waals surface area contributed by atoms with E-state index in [1.807, 2.05) is 30.3 Å². The zero-order valence-corrected chi connectivity index (χ0v) is 20.0. The van der Waals surface area contributed by atoms with Gasteiger partial charge in [-0.2, -0.15) is 0 Å². The zero-order valence-electron chi connectivity index (χ0n) is 20.0. The van der Waals surface area contributed by atoms with Crippen LogP contribution < -0.4 is 5.32 Å². The van der Waals surface area contributed by atoms with Crippen molar-refractivity contribution in [3.8, 4) is 0 Å². The summed E-state index contributed by atoms with van der Waals surface area (Å²) in [6, 6.07) is 9.73. The van der Waals surface area contributed by atoms with Crippen LogP contribution in [0.15, 0.2) is 42.7 Å². The Morgan fingerprint density at radius 3 is 2.31 bits per heavy atom. The molecule has 2 atom stereocenters. The summed E-state index contributed by atoms with van der Waals surface area (Å²) in [5, 5.41) is 22.8. The molecule has 1 aromatic carbocycles. The number of carboxylic acids is 2. The second-order valence-corrected chi connectivity index (χ2v) is 10.3. The van der Waals surface area contributed by atoms with Crippen LogP contribution in [0.4, 0.5) is 0 Å². The van der Waals surface area contributed by atoms with Crippen LogP contribution in [-0.4, -0.2) is 44.1 Å². The molecule has 0 radical (unpaired) electrons. The van der Waals surface area contributed by atoms with Crippen molar-refractivity contribution in [2.24, 2.45) is 17.3 Å². The van der Waals surface area contributed by atoms with Crippen LogP contribution >= 0.6 is 0 Å². The van der Waals surface area contributed by atoms with E-state index in [0.717, 1.165) is 18.4 Å². The third-order valence-corrected chi connectivity index (χ3v) is 8.04. The molecule has 2 aromatic rings. The third-order valence-electron chi connectivity index (χ3n) is 8.04. The molecule has 8 heteroatoms. The number of nitrogens with zero attached hydrogens (tertiary/aromatic N) is 1. The van der Waals surface area contributed by atoms with Crippen molar-refractivity contribution in [3.63, 3.8) is 0 Å². The molecule has 2 fully saturated rings. The number of carboxylic acid groups (broad SMARTS) is 2. The number of imidazole rings is 1. The zero-order chi connectivity index (χ0) is 24.8. The van der Waals surface area contributed by atoms with Crippen molar-refractivity contribution >= 4 is 17.8 Å². The molecular formula is C27H35N3O5. The number of H-pyrrole nitrogens is 1. The number of amides is 1. The fourth-order valence-electron chi connectivity index (χ4n) is 6.00. The van der Waals surface area contributed by atoms with Crippen molar-refractivity contribution in [3.05, 3.63) is 54.1 Å². The Kier molecular flexibility index (Phi) is 7.88. The lowest BCUT2D eigenvalue weighted by Gasteiger charge is -2.36. The molecule has 2 unspecified atom stereocenters. The van der Waals surface area contributed by atoms with Gasteiger partial charge in [-0.1, -0.05) is 43.2 Å². The molecule has 0 spiro atoms. The molecule has 1 aromatic heterocycles. The average molecular weight is 482 g/mol. The van der Waals surface area contributed by atoms with Crippen molar-refractivity contribution in [1.82, 2.24) is 15.3 Å². The van der Waals surface area contributed by atoms with Crippen LogP contribution in [0.2, 0.25) is 0 Å². The first-order valence-electron chi connectivity index (χ1n) is 12.7. The van der Waals surface area contributed by atoms with Crippen molar-refractivity contribution in [1.29, 1.82) is 0 Å². The Bertz CT molecular complexity index is 993. The first-order chi connectivity index (χ1) is 16.9. The number of benzene rings is 1. The molecule has 2 aliphatic carbocycles. The van der Waals surface area contributed by atoms with Gasteiger partial charge in [0.15, 0.2) is 0 Å². The Morgan fingerprint density at radius 2 is 1.74 bits per heavy atom. The molecule has 4 N–H and O–H groups in total. The molecule has 1 heterocycles. The van der Waals surface area contributed by atoms with Crippen molar-refractivity contribution in [2.75, 3.05) is 0 Å². The Hall–Kier alpha value is -3.16. The maximum Gasteiger partial charge on any atom is 0.307 e. The highest BCUT2D eigenvalue weighted by Gasteiger charge is 2.47. The minimum absolute atomic E-state index is 0.0518. The molecule has 35 heavy (non-hydrogen) atoms. The van der Waals surface area contributed by atoms with Gasteiger partial charge in [-0.05, 0) is 56.9 Å². The van der Waals surface area contributed by atoms with Crippen LogP contribution in [-0.2, 0) is 20.8 Å². The highest BCUT2D eigenvalue weighted by Crippen LogP contribution is 2.47. The van der Waals surface area contributed by atoms with Gasteiger partial charge in [-0.15, -0.1) is 0 Å². The van der Waals surface area contributed by atoms with E-state index < -0.39 is 23.3 Å². The van der Waals surface area contributed by atoms with Gasteiger partial charge < -0.3 is 20.5 Å². The average Bonchev–Trinajstić information content (AvgIpc) is 3.55. The van der Waals surface area contributed by atoms with Gasteiger partial charge in [-0.3, -0.25) is 14.4 Å². The van der Waals surface area contributed by atoms with Crippen LogP contribution in [0.25, 0.3) is 0 Å². The molecule has 2 saturated carbocycles. The number of rotatable bonds is 10. The molecular weight excluding hydrogens is 446 g/mol. The molecule has 0 bridgehead atoms. The van der Waals surface area contributed by atoms with Crippen LogP contribution in [0, 0.1) is 17.3 Å². The second kappa shape index (κ2) is 11.1. The van der Waals surface area contributed by atoms with Crippen LogP contribution in [0.3, 0.4) is 0 Å². The smallest absolute Gasteiger partial charge is 0.307 e. The first-order valence-corrected chi connectivity index (χ1v) is 12.7. The normalized spacial score (nSPS) is 23.3. The topological polar surface area (TPSA) is 132 Å². The first kappa shape index (κ1) is 24.9. The number of hydrogen-bond acceptors (Lipinski definition) is 4. The highest BCUT2D eigenvalue weighted by atomic mass is 16.4. The standard InChI is InChI=1S/C27H35N3O5/c31-24(32)19-8-10-20(11-9-19)30-26(35)27(12-4-5-13-27)17-22(25(33)34)21(23-28-14-15-29-23)16-18-6-2-1-3-7-18/h1-3,6-7,14-15,19-22H,4-5,8-13,16-17H2,(H,28,29)(H,30,35)(H,31,32)(H,33,34). The van der Waals surface area contributed by atoms with E-state index in [4.69, 9.17) is 0 Å². The summed E-state index contributed by atoms with van der Waals surface area (Å²) in [4.78, 5) is 45.1. The van der Waals surface area contributed by atoms with E-state index in [9.17, 15) is 24.6 Å². The fourth-order valence-corrected chi connectivity index (χ4v) is 6.00. The summed E-state index contributed by atoms with van der Waals surface area (Å²) in [5.74, 6) is -2.63. The summed E-state index contributed by atoms with van der Waals surface area (Å²) in [7, 11) is 0. The van der Waals surface area contributed by atoms with Gasteiger partial charge in [0.1, 0.15) is 5.82 Å². The third kappa shape index (κ3) is 5.92. The van der Waals surface area contributed by atoms with Gasteiger partial charge in [-0.25, -0.2) is 4.98 Å². The van der Waals surface area contributed by atoms with Gasteiger partial charge in [0.25, 0.3) is 0 Å². The summed E-state index contributed by atoms with van der Waals surface area (Å²) < 4.78 is 0. The van der Waals surface area contributed by atoms with E-state index in [1.54, 1.807) is 12.4 Å². The van der Waals surface area contributed by atoms with Gasteiger partial charge >= 0.3 is 11.9 Å². The summed E-state index contributed by atoms with van der Waals surface area (Å²) in [6.07, 6.45) is 9.66. The maximum absolute atomic E-state index is 13.6. The minimum Gasteiger partial charge on any atom is -0.481 e. The Labute approximate surface area is 205 Å². The SMILES string of the molecule is O=C(O)C1CCC(NC(=O)C2(CC(C(=O)O)C(Cc3ccccc3)c3ncc[nH]3)CCCC2)CC1. The Balaban J connectivity index is 1.53. The fraction of sp³-hybridized carbons (Fsp3) is 0.556. The number of aromatic amines is 1. The van der Waals surface area contributed by atoms with Crippen LogP contribution in [0.5, 0.6) is 0 Å². The van der Waals surface area contributed by atoms with E-state index in [1.165, 1.54) is 0 Å². The quantitative estimate of drug-likeness (QED) is 0.403. The lowest BCUT2D eigenvalue weighted by atomic mass is 9.71. The molecule has 188 valence electrons. The predicted molar refractivity (Wildman–Crippen MR) is 130 cm³/mol. The molecule has 8 nitrogen and oxygen atoms in total. The number of aliphatic carboxylic acids is 2. The van der Waals surface area contributed by atoms with Gasteiger partial charge in [0, 0.05) is 24.4 Å². The molecule has 0 saturated heterocycles. The number of carbonyl (C=O) groups excluding carboxylic acids is 1.